The van der Waals surface area contributed by atoms with Gasteiger partial charge in [-0.2, -0.15) is 4.98 Å². The molecule has 2 aromatic heterocycles. The van der Waals surface area contributed by atoms with Crippen LogP contribution >= 0.6 is 11.6 Å². The summed E-state index contributed by atoms with van der Waals surface area (Å²) in [7, 11) is 5.30. The van der Waals surface area contributed by atoms with Crippen LogP contribution < -0.4 is 19.5 Å². The molecule has 0 amide bonds. The first kappa shape index (κ1) is 31.1. The molecule has 0 spiro atoms. The van der Waals surface area contributed by atoms with Gasteiger partial charge in [-0.25, -0.2) is 19.3 Å². The maximum absolute atomic E-state index is 13.5. The Morgan fingerprint density at radius 1 is 0.955 bits per heavy atom. The molecule has 0 saturated carbocycles. The van der Waals surface area contributed by atoms with Crippen LogP contribution in [0.1, 0.15) is 12.8 Å². The first-order chi connectivity index (χ1) is 21.4. The number of benzene rings is 3. The number of fused-ring (bicyclic) bond motifs is 2. The number of hydrogen-bond acceptors (Lipinski definition) is 10. The topological polar surface area (TPSA) is 104 Å². The van der Waals surface area contributed by atoms with Gasteiger partial charge in [0.05, 0.1) is 29.8 Å². The summed E-state index contributed by atoms with van der Waals surface area (Å²) in [6.07, 6.45) is 5.20. The van der Waals surface area contributed by atoms with Gasteiger partial charge in [0.15, 0.2) is 11.5 Å². The van der Waals surface area contributed by atoms with E-state index < -0.39 is 5.82 Å². The Labute approximate surface area is 260 Å². The number of hydrogen-bond donors (Lipinski definition) is 1. The molecule has 10 nitrogen and oxygen atoms in total. The van der Waals surface area contributed by atoms with E-state index in [4.69, 9.17) is 30.5 Å². The molecule has 230 valence electrons. The van der Waals surface area contributed by atoms with Crippen molar-refractivity contribution >= 4 is 44.9 Å². The number of nitrogens with zero attached hydrogens (tertiary/aromatic N) is 5. The fourth-order valence-electron chi connectivity index (χ4n) is 4.65. The Morgan fingerprint density at radius 2 is 1.77 bits per heavy atom. The number of anilines is 2. The molecule has 1 fully saturated rings. The van der Waals surface area contributed by atoms with Gasteiger partial charge in [-0.15, -0.1) is 0 Å². The van der Waals surface area contributed by atoms with Crippen molar-refractivity contribution in [1.29, 1.82) is 0 Å². The van der Waals surface area contributed by atoms with Gasteiger partial charge >= 0.3 is 6.01 Å². The molecule has 1 N–H and O–H groups in total. The maximum Gasteiger partial charge on any atom is 0.316 e. The molecule has 12 heteroatoms. The second-order valence-corrected chi connectivity index (χ2v) is 10.6. The molecular formula is C32H34ClFN6O4. The molecule has 1 aliphatic rings. The Balaban J connectivity index is 0.000000266. The van der Waals surface area contributed by atoms with E-state index in [0.29, 0.717) is 47.7 Å². The van der Waals surface area contributed by atoms with Gasteiger partial charge in [0.2, 0.25) is 0 Å². The summed E-state index contributed by atoms with van der Waals surface area (Å²) in [6.45, 7) is 2.84. The highest BCUT2D eigenvalue weighted by atomic mass is 35.5. The van der Waals surface area contributed by atoms with Crippen LogP contribution in [-0.4, -0.2) is 78.5 Å². The van der Waals surface area contributed by atoms with Gasteiger partial charge in [0.25, 0.3) is 0 Å². The van der Waals surface area contributed by atoms with E-state index in [0.717, 1.165) is 42.2 Å². The van der Waals surface area contributed by atoms with E-state index in [9.17, 15) is 4.39 Å². The lowest BCUT2D eigenvalue weighted by molar-refractivity contribution is 0.105. The SMILES string of the molecule is COCCOc1cc2ncnc(Nc3ccc(F)c(Cl)c3)c2cc1OC1CCN(C)CC1.COc1ncc2ccccc2n1. The third kappa shape index (κ3) is 7.98. The number of nitrogens with one attached hydrogen (secondary N) is 1. The Morgan fingerprint density at radius 3 is 2.55 bits per heavy atom. The molecule has 0 bridgehead atoms. The van der Waals surface area contributed by atoms with E-state index in [-0.39, 0.29) is 11.1 Å². The van der Waals surface area contributed by atoms with Crippen LogP contribution in [0.3, 0.4) is 0 Å². The molecule has 0 atom stereocenters. The zero-order chi connectivity index (χ0) is 30.9. The van der Waals surface area contributed by atoms with Crippen LogP contribution in [0.15, 0.2) is 67.1 Å². The van der Waals surface area contributed by atoms with Gasteiger partial charge in [-0.1, -0.05) is 29.8 Å². The van der Waals surface area contributed by atoms with Crippen molar-refractivity contribution in [2.45, 2.75) is 18.9 Å². The van der Waals surface area contributed by atoms with Gasteiger partial charge in [-0.3, -0.25) is 0 Å². The monoisotopic (exact) mass is 620 g/mol. The number of halogens is 2. The zero-order valence-corrected chi connectivity index (χ0v) is 25.6. The fraction of sp³-hybridized carbons (Fsp3) is 0.312. The van der Waals surface area contributed by atoms with Crippen molar-refractivity contribution in [1.82, 2.24) is 24.8 Å². The molecular weight excluding hydrogens is 587 g/mol. The van der Waals surface area contributed by atoms with E-state index in [1.807, 2.05) is 36.4 Å². The molecule has 3 aromatic carbocycles. The van der Waals surface area contributed by atoms with Crippen LogP contribution in [0.2, 0.25) is 5.02 Å². The molecule has 0 radical (unpaired) electrons. The van der Waals surface area contributed by atoms with E-state index in [1.165, 1.54) is 18.5 Å². The average Bonchev–Trinajstić information content (AvgIpc) is 3.04. The van der Waals surface area contributed by atoms with Crippen LogP contribution in [-0.2, 0) is 4.74 Å². The highest BCUT2D eigenvalue weighted by Crippen LogP contribution is 2.36. The number of methoxy groups -OCH3 is 2. The lowest BCUT2D eigenvalue weighted by Gasteiger charge is -2.30. The van der Waals surface area contributed by atoms with Crippen LogP contribution in [0.5, 0.6) is 17.5 Å². The number of rotatable bonds is 9. The van der Waals surface area contributed by atoms with Crippen molar-refractivity contribution in [3.63, 3.8) is 0 Å². The minimum atomic E-state index is -0.476. The van der Waals surface area contributed by atoms with E-state index in [2.05, 4.69) is 37.2 Å². The summed E-state index contributed by atoms with van der Waals surface area (Å²) >= 11 is 5.93. The normalized spacial score (nSPS) is 13.8. The number of para-hydroxylation sites is 1. The van der Waals surface area contributed by atoms with E-state index in [1.54, 1.807) is 26.5 Å². The number of piperidine rings is 1. The summed E-state index contributed by atoms with van der Waals surface area (Å²) in [5, 5.41) is 5.02. The number of ether oxygens (including phenoxy) is 4. The lowest BCUT2D eigenvalue weighted by atomic mass is 10.1. The fourth-order valence-corrected chi connectivity index (χ4v) is 4.83. The zero-order valence-electron chi connectivity index (χ0n) is 24.8. The number of likely N-dealkylation sites (tertiary alicyclic amines) is 1. The van der Waals surface area contributed by atoms with Crippen molar-refractivity contribution in [2.24, 2.45) is 0 Å². The first-order valence-electron chi connectivity index (χ1n) is 14.2. The Hall–Kier alpha value is -4.32. The van der Waals surface area contributed by atoms with Crippen molar-refractivity contribution in [3.8, 4) is 17.5 Å². The van der Waals surface area contributed by atoms with Crippen molar-refractivity contribution in [2.75, 3.05) is 52.9 Å². The average molecular weight is 621 g/mol. The summed E-state index contributed by atoms with van der Waals surface area (Å²) in [6, 6.07) is 16.4. The molecule has 1 saturated heterocycles. The third-order valence-electron chi connectivity index (χ3n) is 7.04. The maximum atomic E-state index is 13.5. The van der Waals surface area contributed by atoms with Crippen molar-refractivity contribution < 1.29 is 23.3 Å². The minimum Gasteiger partial charge on any atom is -0.487 e. The minimum absolute atomic E-state index is 0.0356. The first-order valence-corrected chi connectivity index (χ1v) is 14.5. The second kappa shape index (κ2) is 14.9. The molecule has 44 heavy (non-hydrogen) atoms. The summed E-state index contributed by atoms with van der Waals surface area (Å²) in [5.74, 6) is 1.34. The number of aromatic nitrogens is 4. The molecule has 1 aliphatic heterocycles. The van der Waals surface area contributed by atoms with Crippen LogP contribution in [0, 0.1) is 5.82 Å². The highest BCUT2D eigenvalue weighted by molar-refractivity contribution is 6.31. The van der Waals surface area contributed by atoms with Gasteiger partial charge in [0.1, 0.15) is 30.7 Å². The molecule has 6 rings (SSSR count). The largest absolute Gasteiger partial charge is 0.487 e. The Bertz CT molecular complexity index is 1700. The summed E-state index contributed by atoms with van der Waals surface area (Å²) in [4.78, 5) is 19.2. The van der Waals surface area contributed by atoms with Crippen molar-refractivity contribution in [3.05, 3.63) is 78.0 Å². The molecule has 3 heterocycles. The van der Waals surface area contributed by atoms with Gasteiger partial charge < -0.3 is 29.2 Å². The van der Waals surface area contributed by atoms with Gasteiger partial charge in [0, 0.05) is 48.9 Å². The van der Waals surface area contributed by atoms with Crippen LogP contribution in [0.4, 0.5) is 15.9 Å². The molecule has 0 unspecified atom stereocenters. The van der Waals surface area contributed by atoms with E-state index >= 15 is 0 Å². The standard InChI is InChI=1S/C23H26ClFN4O3.C9H8N2O/c1-29-7-5-16(6-8-29)32-22-12-17-20(13-21(22)31-10-9-30-2)26-14-27-23(17)28-15-3-4-19(25)18(24)11-15;1-12-9-10-6-7-4-2-3-5-8(7)11-9/h3-4,11-14,16H,5-10H2,1-2H3,(H,26,27,28);2-6H,1H3. The third-order valence-corrected chi connectivity index (χ3v) is 7.33. The summed E-state index contributed by atoms with van der Waals surface area (Å²) in [5.41, 5.74) is 2.22. The molecule has 5 aromatic rings. The van der Waals surface area contributed by atoms with Gasteiger partial charge in [-0.05, 0) is 50.2 Å². The quantitative estimate of drug-likeness (QED) is 0.189. The smallest absolute Gasteiger partial charge is 0.316 e. The van der Waals surface area contributed by atoms with Crippen LogP contribution in [0.25, 0.3) is 21.8 Å². The Kier molecular flexibility index (Phi) is 10.5. The highest BCUT2D eigenvalue weighted by Gasteiger charge is 2.21. The second-order valence-electron chi connectivity index (χ2n) is 10.2. The lowest BCUT2D eigenvalue weighted by Crippen LogP contribution is -2.35. The summed E-state index contributed by atoms with van der Waals surface area (Å²) < 4.78 is 35.8. The molecule has 0 aliphatic carbocycles. The predicted octanol–water partition coefficient (Wildman–Crippen LogP) is 6.30. The predicted molar refractivity (Wildman–Crippen MR) is 169 cm³/mol.